The summed E-state index contributed by atoms with van der Waals surface area (Å²) < 4.78 is 10.6. The van der Waals surface area contributed by atoms with Gasteiger partial charge in [0.25, 0.3) is 0 Å². The van der Waals surface area contributed by atoms with Gasteiger partial charge in [-0.2, -0.15) is 0 Å². The quantitative estimate of drug-likeness (QED) is 0.309. The van der Waals surface area contributed by atoms with E-state index in [1.54, 1.807) is 0 Å². The molecule has 0 saturated heterocycles. The second kappa shape index (κ2) is 6.97. The van der Waals surface area contributed by atoms with Crippen molar-refractivity contribution >= 4 is 17.9 Å². The van der Waals surface area contributed by atoms with Crippen molar-refractivity contribution in [1.82, 2.24) is 0 Å². The number of ether oxygens (including phenoxy) is 2. The van der Waals surface area contributed by atoms with Crippen molar-refractivity contribution in [3.8, 4) is 0 Å². The summed E-state index contributed by atoms with van der Waals surface area (Å²) in [6.45, 7) is 10.0. The Bertz CT molecular complexity index is 701. The van der Waals surface area contributed by atoms with Crippen LogP contribution in [-0.4, -0.2) is 34.2 Å². The molecule has 142 valence electrons. The number of hydrogen-bond donors (Lipinski definition) is 2. The maximum Gasteiger partial charge on any atom is 0.341 e. The first-order valence-corrected chi connectivity index (χ1v) is 8.40. The Morgan fingerprint density at radius 1 is 1.15 bits per heavy atom. The first-order chi connectivity index (χ1) is 12.0. The van der Waals surface area contributed by atoms with Crippen LogP contribution in [0.25, 0.3) is 0 Å². The molecule has 3 atom stereocenters. The van der Waals surface area contributed by atoms with Gasteiger partial charge in [-0.3, -0.25) is 0 Å². The van der Waals surface area contributed by atoms with Gasteiger partial charge in [0.15, 0.2) is 0 Å². The molecule has 0 radical (unpaired) electrons. The third-order valence-corrected chi connectivity index (χ3v) is 6.17. The van der Waals surface area contributed by atoms with Gasteiger partial charge in [0.05, 0.1) is 24.0 Å². The van der Waals surface area contributed by atoms with Gasteiger partial charge in [0, 0.05) is 5.41 Å². The molecule has 2 aliphatic rings. The average Bonchev–Trinajstić information content (AvgIpc) is 2.85. The van der Waals surface area contributed by atoms with Crippen LogP contribution < -0.4 is 0 Å². The van der Waals surface area contributed by atoms with E-state index >= 15 is 0 Å². The van der Waals surface area contributed by atoms with Crippen molar-refractivity contribution in [1.29, 1.82) is 0 Å². The predicted octanol–water partition coefficient (Wildman–Crippen LogP) is 2.88. The molecule has 7 nitrogen and oxygen atoms in total. The van der Waals surface area contributed by atoms with Gasteiger partial charge in [-0.25, -0.2) is 14.4 Å². The third kappa shape index (κ3) is 3.52. The average molecular weight is 364 g/mol. The number of esters is 1. The van der Waals surface area contributed by atoms with Crippen molar-refractivity contribution in [2.24, 2.45) is 16.7 Å². The second-order valence-corrected chi connectivity index (χ2v) is 7.59. The molecule has 0 spiro atoms. The lowest BCUT2D eigenvalue weighted by Crippen LogP contribution is -2.38. The minimum absolute atomic E-state index is 0.0553. The van der Waals surface area contributed by atoms with Crippen LogP contribution in [0.5, 0.6) is 0 Å². The molecule has 2 rings (SSSR count). The maximum absolute atomic E-state index is 12.5. The molecule has 3 unspecified atom stereocenters. The minimum atomic E-state index is -1.36. The van der Waals surface area contributed by atoms with Crippen molar-refractivity contribution in [2.75, 3.05) is 0 Å². The molecule has 0 heterocycles. The normalized spacial score (nSPS) is 29.6. The Morgan fingerprint density at radius 3 is 2.27 bits per heavy atom. The van der Waals surface area contributed by atoms with Gasteiger partial charge in [-0.05, 0) is 30.6 Å². The number of rotatable bonds is 7. The molecule has 2 fully saturated rings. The lowest BCUT2D eigenvalue weighted by Gasteiger charge is -2.38. The summed E-state index contributed by atoms with van der Waals surface area (Å²) in [5, 5.41) is 17.5. The number of carboxylic acids is 2. The summed E-state index contributed by atoms with van der Waals surface area (Å²) in [6.07, 6.45) is 4.64. The van der Waals surface area contributed by atoms with Crippen molar-refractivity contribution in [2.45, 2.75) is 46.1 Å². The van der Waals surface area contributed by atoms with Gasteiger partial charge in [-0.15, -0.1) is 0 Å². The lowest BCUT2D eigenvalue weighted by molar-refractivity contribution is -0.152. The molecule has 2 bridgehead atoms. The van der Waals surface area contributed by atoms with Crippen LogP contribution in [0.3, 0.4) is 0 Å². The minimum Gasteiger partial charge on any atom is -0.478 e. The first kappa shape index (κ1) is 19.8. The summed E-state index contributed by atoms with van der Waals surface area (Å²) >= 11 is 0. The van der Waals surface area contributed by atoms with E-state index in [-0.39, 0.29) is 28.3 Å². The van der Waals surface area contributed by atoms with Crippen molar-refractivity contribution in [3.63, 3.8) is 0 Å². The summed E-state index contributed by atoms with van der Waals surface area (Å²) in [4.78, 5) is 33.9. The zero-order chi connectivity index (χ0) is 19.7. The number of carboxylic acid groups (broad SMARTS) is 2. The fourth-order valence-electron chi connectivity index (χ4n) is 4.08. The number of carbonyl (C=O) groups is 3. The SMILES string of the molecule is C=C(C(=O)OC1CC2CCC1(C)C2(C)C)C(=CC(=O)O)OC=CC(=O)O. The van der Waals surface area contributed by atoms with Crippen LogP contribution in [-0.2, 0) is 23.9 Å². The van der Waals surface area contributed by atoms with E-state index in [1.807, 2.05) is 0 Å². The van der Waals surface area contributed by atoms with Gasteiger partial charge < -0.3 is 19.7 Å². The van der Waals surface area contributed by atoms with E-state index in [2.05, 4.69) is 27.4 Å². The topological polar surface area (TPSA) is 110 Å². The van der Waals surface area contributed by atoms with Crippen molar-refractivity contribution in [3.05, 3.63) is 36.3 Å². The predicted molar refractivity (Wildman–Crippen MR) is 91.8 cm³/mol. The molecule has 0 aromatic rings. The van der Waals surface area contributed by atoms with E-state index in [9.17, 15) is 14.4 Å². The van der Waals surface area contributed by atoms with Crippen LogP contribution in [0.1, 0.15) is 40.0 Å². The highest BCUT2D eigenvalue weighted by Crippen LogP contribution is 2.66. The Labute approximate surface area is 152 Å². The standard InChI is InChI=1S/C19H24O7/c1-11(13(10-16(22)23)25-8-6-15(20)21)17(24)26-14-9-12-5-7-19(14,4)18(12,2)3/h6,8,10,12,14H,1,5,7,9H2,2-4H3,(H,20,21)(H,22,23). The molecule has 2 N–H and O–H groups in total. The van der Waals surface area contributed by atoms with Crippen molar-refractivity contribution < 1.29 is 34.1 Å². The van der Waals surface area contributed by atoms with Gasteiger partial charge in [-0.1, -0.05) is 27.4 Å². The van der Waals surface area contributed by atoms with E-state index in [0.717, 1.165) is 25.5 Å². The highest BCUT2D eigenvalue weighted by atomic mass is 16.5. The molecular formula is C19H24O7. The van der Waals surface area contributed by atoms with Gasteiger partial charge in [0.2, 0.25) is 0 Å². The molecule has 26 heavy (non-hydrogen) atoms. The Morgan fingerprint density at radius 2 is 1.81 bits per heavy atom. The zero-order valence-electron chi connectivity index (χ0n) is 15.2. The van der Waals surface area contributed by atoms with Crippen LogP contribution in [0, 0.1) is 16.7 Å². The molecule has 0 aliphatic heterocycles. The van der Waals surface area contributed by atoms with E-state index < -0.39 is 17.9 Å². The van der Waals surface area contributed by atoms with Gasteiger partial charge >= 0.3 is 17.9 Å². The first-order valence-electron chi connectivity index (χ1n) is 8.40. The molecule has 0 aromatic carbocycles. The lowest BCUT2D eigenvalue weighted by atomic mass is 9.70. The zero-order valence-corrected chi connectivity index (χ0v) is 15.2. The highest BCUT2D eigenvalue weighted by molar-refractivity contribution is 5.94. The molecule has 2 aliphatic carbocycles. The molecule has 2 saturated carbocycles. The number of aliphatic carboxylic acids is 2. The van der Waals surface area contributed by atoms with Crippen LogP contribution in [0.15, 0.2) is 36.3 Å². The van der Waals surface area contributed by atoms with E-state index in [4.69, 9.17) is 19.7 Å². The smallest absolute Gasteiger partial charge is 0.341 e. The summed E-state index contributed by atoms with van der Waals surface area (Å²) in [5.74, 6) is -3.29. The molecule has 7 heteroatoms. The largest absolute Gasteiger partial charge is 0.478 e. The molecule has 0 amide bonds. The number of hydrogen-bond acceptors (Lipinski definition) is 5. The molecular weight excluding hydrogens is 340 g/mol. The van der Waals surface area contributed by atoms with Crippen LogP contribution in [0.2, 0.25) is 0 Å². The Balaban J connectivity index is 2.11. The monoisotopic (exact) mass is 364 g/mol. The highest BCUT2D eigenvalue weighted by Gasteiger charge is 2.62. The number of fused-ring (bicyclic) bond motifs is 2. The van der Waals surface area contributed by atoms with E-state index in [0.29, 0.717) is 18.1 Å². The fourth-order valence-corrected chi connectivity index (χ4v) is 4.08. The number of carbonyl (C=O) groups excluding carboxylic acids is 1. The van der Waals surface area contributed by atoms with Crippen LogP contribution in [0.4, 0.5) is 0 Å². The molecule has 0 aromatic heterocycles. The second-order valence-electron chi connectivity index (χ2n) is 7.59. The van der Waals surface area contributed by atoms with E-state index in [1.165, 1.54) is 0 Å². The summed E-state index contributed by atoms with van der Waals surface area (Å²) in [6, 6.07) is 0. The summed E-state index contributed by atoms with van der Waals surface area (Å²) in [5.41, 5.74) is -0.361. The van der Waals surface area contributed by atoms with Gasteiger partial charge in [0.1, 0.15) is 11.9 Å². The maximum atomic E-state index is 12.5. The third-order valence-electron chi connectivity index (χ3n) is 6.17. The fraction of sp³-hybridized carbons (Fsp3) is 0.526. The van der Waals surface area contributed by atoms with Crippen LogP contribution >= 0.6 is 0 Å². The summed E-state index contributed by atoms with van der Waals surface area (Å²) in [7, 11) is 0. The Kier molecular flexibility index (Phi) is 5.30. The Hall–Kier alpha value is -2.57.